The molecule has 0 aliphatic carbocycles. The number of ether oxygens (including phenoxy) is 1. The van der Waals surface area contributed by atoms with Gasteiger partial charge in [0.25, 0.3) is 0 Å². The monoisotopic (exact) mass is 302 g/mol. The summed E-state index contributed by atoms with van der Waals surface area (Å²) in [7, 11) is 0. The molecule has 0 bridgehead atoms. The van der Waals surface area contributed by atoms with Gasteiger partial charge in [0.15, 0.2) is 11.5 Å². The zero-order chi connectivity index (χ0) is 12.0. The summed E-state index contributed by atoms with van der Waals surface area (Å²) in [6.07, 6.45) is 0. The van der Waals surface area contributed by atoms with Gasteiger partial charge in [0.2, 0.25) is 0 Å². The van der Waals surface area contributed by atoms with Crippen molar-refractivity contribution in [1.82, 2.24) is 0 Å². The van der Waals surface area contributed by atoms with E-state index in [1.54, 1.807) is 18.2 Å². The molecule has 0 radical (unpaired) electrons. The molecule has 1 aliphatic heterocycles. The smallest absolute Gasteiger partial charge is 0.161 e. The van der Waals surface area contributed by atoms with Crippen LogP contribution >= 0.6 is 46.6 Å². The van der Waals surface area contributed by atoms with Crippen molar-refractivity contribution in [2.24, 2.45) is 0 Å². The molecule has 86 valence electrons. The van der Waals surface area contributed by atoms with E-state index in [2.05, 4.69) is 0 Å². The Hall–Kier alpha value is -0.540. The van der Waals surface area contributed by atoms with E-state index in [-0.39, 0.29) is 0 Å². The van der Waals surface area contributed by atoms with E-state index < -0.39 is 0 Å². The molecule has 0 fully saturated rings. The van der Waals surface area contributed by atoms with Crippen molar-refractivity contribution in [3.05, 3.63) is 45.4 Å². The molecule has 2 aromatic carbocycles. The van der Waals surface area contributed by atoms with Crippen molar-refractivity contribution in [1.29, 1.82) is 0 Å². The van der Waals surface area contributed by atoms with Crippen molar-refractivity contribution in [2.75, 3.05) is 0 Å². The molecule has 0 aromatic heterocycles. The lowest BCUT2D eigenvalue weighted by molar-refractivity contribution is 0.455. The van der Waals surface area contributed by atoms with Crippen molar-refractivity contribution in [2.45, 2.75) is 9.79 Å². The van der Waals surface area contributed by atoms with Gasteiger partial charge in [-0.3, -0.25) is 0 Å². The minimum atomic E-state index is 0.530. The van der Waals surface area contributed by atoms with Gasteiger partial charge in [-0.05, 0) is 24.3 Å². The molecule has 0 saturated carbocycles. The summed E-state index contributed by atoms with van der Waals surface area (Å²) in [6, 6.07) is 9.07. The van der Waals surface area contributed by atoms with Gasteiger partial charge in [-0.15, -0.1) is 0 Å². The third kappa shape index (κ3) is 1.89. The fourth-order valence-electron chi connectivity index (χ4n) is 1.59. The first kappa shape index (κ1) is 11.5. The number of benzene rings is 2. The summed E-state index contributed by atoms with van der Waals surface area (Å²) < 4.78 is 5.75. The minimum absolute atomic E-state index is 0.530. The first-order valence-corrected chi connectivity index (χ1v) is 6.74. The molecule has 1 nitrogen and oxygen atoms in total. The Morgan fingerprint density at radius 1 is 0.824 bits per heavy atom. The van der Waals surface area contributed by atoms with E-state index >= 15 is 0 Å². The highest BCUT2D eigenvalue weighted by Gasteiger charge is 2.24. The quantitative estimate of drug-likeness (QED) is 0.511. The first-order valence-electron chi connectivity index (χ1n) is 4.79. The van der Waals surface area contributed by atoms with E-state index in [0.29, 0.717) is 26.6 Å². The Kier molecular flexibility index (Phi) is 2.91. The van der Waals surface area contributed by atoms with Gasteiger partial charge in [0.05, 0.1) is 24.9 Å². The van der Waals surface area contributed by atoms with Crippen LogP contribution < -0.4 is 4.74 Å². The Morgan fingerprint density at radius 2 is 1.53 bits per heavy atom. The van der Waals surface area contributed by atoms with E-state index in [0.717, 1.165) is 9.79 Å². The molecule has 0 unspecified atom stereocenters. The second-order valence-electron chi connectivity index (χ2n) is 3.46. The summed E-state index contributed by atoms with van der Waals surface area (Å²) >= 11 is 19.8. The van der Waals surface area contributed by atoms with Gasteiger partial charge >= 0.3 is 0 Å². The van der Waals surface area contributed by atoms with Gasteiger partial charge in [-0.1, -0.05) is 52.6 Å². The lowest BCUT2D eigenvalue weighted by atomic mass is 10.3. The van der Waals surface area contributed by atoms with Crippen LogP contribution in [0.25, 0.3) is 0 Å². The zero-order valence-electron chi connectivity index (χ0n) is 8.34. The van der Waals surface area contributed by atoms with Crippen LogP contribution in [0, 0.1) is 0 Å². The van der Waals surface area contributed by atoms with E-state index in [1.807, 2.05) is 12.1 Å². The molecule has 0 N–H and O–H groups in total. The zero-order valence-corrected chi connectivity index (χ0v) is 11.4. The molecule has 2 aromatic rings. The molecule has 1 aliphatic rings. The summed E-state index contributed by atoms with van der Waals surface area (Å²) in [6.45, 7) is 0. The maximum atomic E-state index is 6.13. The highest BCUT2D eigenvalue weighted by molar-refractivity contribution is 7.99. The number of rotatable bonds is 0. The van der Waals surface area contributed by atoms with Crippen LogP contribution in [-0.2, 0) is 0 Å². The Balaban J connectivity index is 2.21. The number of halogens is 3. The van der Waals surface area contributed by atoms with E-state index in [4.69, 9.17) is 39.5 Å². The number of hydrogen-bond acceptors (Lipinski definition) is 2. The average Bonchev–Trinajstić information content (AvgIpc) is 2.33. The minimum Gasteiger partial charge on any atom is -0.452 e. The average molecular weight is 304 g/mol. The van der Waals surface area contributed by atoms with E-state index in [1.165, 1.54) is 11.8 Å². The lowest BCUT2D eigenvalue weighted by Gasteiger charge is -2.21. The Bertz CT molecular complexity index is 613. The van der Waals surface area contributed by atoms with Crippen LogP contribution in [0.15, 0.2) is 40.1 Å². The molecule has 0 spiro atoms. The number of hydrogen-bond donors (Lipinski definition) is 0. The fourth-order valence-corrected chi connectivity index (χ4v) is 3.39. The summed E-state index contributed by atoms with van der Waals surface area (Å²) in [4.78, 5) is 1.77. The number of fused-ring (bicyclic) bond motifs is 2. The predicted octanol–water partition coefficient (Wildman–Crippen LogP) is 5.90. The van der Waals surface area contributed by atoms with Crippen LogP contribution in [0.1, 0.15) is 0 Å². The summed E-state index contributed by atoms with van der Waals surface area (Å²) in [5.74, 6) is 1.21. The lowest BCUT2D eigenvalue weighted by Crippen LogP contribution is -1.96. The van der Waals surface area contributed by atoms with Gasteiger partial charge in [0, 0.05) is 0 Å². The third-order valence-electron chi connectivity index (χ3n) is 2.36. The molecule has 17 heavy (non-hydrogen) atoms. The highest BCUT2D eigenvalue weighted by atomic mass is 35.5. The fraction of sp³-hybridized carbons (Fsp3) is 0. The molecular formula is C12H5Cl3OS. The molecule has 0 amide bonds. The van der Waals surface area contributed by atoms with E-state index in [9.17, 15) is 0 Å². The Labute approximate surface area is 118 Å². The molecule has 3 rings (SSSR count). The van der Waals surface area contributed by atoms with Crippen molar-refractivity contribution >= 4 is 46.6 Å². The molecule has 1 heterocycles. The number of para-hydroxylation sites is 1. The highest BCUT2D eigenvalue weighted by Crippen LogP contribution is 2.54. The molecular weight excluding hydrogens is 299 g/mol. The van der Waals surface area contributed by atoms with Crippen LogP contribution in [0.4, 0.5) is 0 Å². The molecule has 5 heteroatoms. The second kappa shape index (κ2) is 4.29. The molecule has 0 atom stereocenters. The normalized spacial score (nSPS) is 12.6. The van der Waals surface area contributed by atoms with Gasteiger partial charge < -0.3 is 4.74 Å². The van der Waals surface area contributed by atoms with Crippen LogP contribution in [0.3, 0.4) is 0 Å². The summed E-state index contributed by atoms with van der Waals surface area (Å²) in [5.41, 5.74) is 0. The van der Waals surface area contributed by atoms with Crippen LogP contribution in [0.2, 0.25) is 15.1 Å². The topological polar surface area (TPSA) is 9.23 Å². The maximum absolute atomic E-state index is 6.13. The van der Waals surface area contributed by atoms with Gasteiger partial charge in [-0.2, -0.15) is 0 Å². The Morgan fingerprint density at radius 3 is 2.35 bits per heavy atom. The standard InChI is InChI=1S/C12H5Cl3OS/c13-6-2-1-3-9-10(6)16-11-7(14)4-5-8(15)12(11)17-9/h1-5H. The maximum Gasteiger partial charge on any atom is 0.161 e. The van der Waals surface area contributed by atoms with Crippen molar-refractivity contribution in [3.8, 4) is 11.5 Å². The van der Waals surface area contributed by atoms with Crippen molar-refractivity contribution < 1.29 is 4.74 Å². The third-order valence-corrected chi connectivity index (χ3v) is 4.54. The SMILES string of the molecule is Clc1cccc2c1Oc1c(Cl)ccc(Cl)c1S2. The largest absolute Gasteiger partial charge is 0.452 e. The van der Waals surface area contributed by atoms with Gasteiger partial charge in [0.1, 0.15) is 0 Å². The predicted molar refractivity (Wildman–Crippen MR) is 72.1 cm³/mol. The second-order valence-corrected chi connectivity index (χ2v) is 5.73. The molecule has 0 saturated heterocycles. The first-order chi connectivity index (χ1) is 8.16. The summed E-state index contributed by atoms with van der Waals surface area (Å²) in [5, 5.41) is 1.72. The van der Waals surface area contributed by atoms with Crippen LogP contribution in [0.5, 0.6) is 11.5 Å². The van der Waals surface area contributed by atoms with Gasteiger partial charge in [-0.25, -0.2) is 0 Å². The van der Waals surface area contributed by atoms with Crippen LogP contribution in [-0.4, -0.2) is 0 Å². The van der Waals surface area contributed by atoms with Crippen molar-refractivity contribution in [3.63, 3.8) is 0 Å².